The molecule has 2 aliphatic rings. The highest BCUT2D eigenvalue weighted by Gasteiger charge is 2.39. The summed E-state index contributed by atoms with van der Waals surface area (Å²) >= 11 is 0.716. The van der Waals surface area contributed by atoms with E-state index in [1.54, 1.807) is 4.90 Å². The Balaban J connectivity index is 1.76. The molecule has 1 aliphatic heterocycles. The van der Waals surface area contributed by atoms with Crippen molar-refractivity contribution in [2.45, 2.75) is 83.7 Å². The summed E-state index contributed by atoms with van der Waals surface area (Å²) in [4.78, 5) is 36.3. The normalized spacial score (nSPS) is 18.9. The number of anilines is 1. The lowest BCUT2D eigenvalue weighted by Gasteiger charge is -2.22. The molecule has 1 saturated carbocycles. The first-order chi connectivity index (χ1) is 17.8. The summed E-state index contributed by atoms with van der Waals surface area (Å²) in [7, 11) is 0. The number of amides is 2. The first kappa shape index (κ1) is 28.3. The molecule has 4 rings (SSSR count). The molecule has 1 saturated heterocycles. The number of carbonyl (C=O) groups excluding carboxylic acids is 2. The van der Waals surface area contributed by atoms with Gasteiger partial charge in [-0.05, 0) is 64.9 Å². The number of nitrogens with zero attached hydrogens (tertiary/aromatic N) is 3. The first-order valence-corrected chi connectivity index (χ1v) is 13.8. The van der Waals surface area contributed by atoms with Gasteiger partial charge in [0.05, 0.1) is 16.0 Å². The largest absolute Gasteiger partial charge is 0.417 e. The molecule has 2 amide bonds. The molecule has 38 heavy (non-hydrogen) atoms. The molecule has 2 aromatic rings. The highest BCUT2D eigenvalue weighted by Crippen LogP contribution is 2.42. The van der Waals surface area contributed by atoms with Gasteiger partial charge in [-0.3, -0.25) is 9.59 Å². The van der Waals surface area contributed by atoms with Crippen LogP contribution in [0.3, 0.4) is 0 Å². The molecule has 208 valence electrons. The highest BCUT2D eigenvalue weighted by molar-refractivity contribution is 7.17. The zero-order chi connectivity index (χ0) is 27.8. The van der Waals surface area contributed by atoms with Crippen LogP contribution in [0.4, 0.5) is 19.0 Å². The minimum Gasteiger partial charge on any atom is -0.389 e. The maximum atomic E-state index is 14.3. The van der Waals surface area contributed by atoms with E-state index in [0.29, 0.717) is 23.8 Å². The molecule has 0 aromatic carbocycles. The van der Waals surface area contributed by atoms with Gasteiger partial charge in [0.15, 0.2) is 5.01 Å². The van der Waals surface area contributed by atoms with Gasteiger partial charge in [0.1, 0.15) is 11.5 Å². The van der Waals surface area contributed by atoms with Crippen molar-refractivity contribution in [3.05, 3.63) is 28.5 Å². The SMILES string of the molecule is CC[C@@H](Nc1cc(C(F)(F)F)c(-c2sc(C(=O)NCC(C)(C)O)nc2C(=O)N2CCC[C@@H]2C)cn1)C1CC1. The van der Waals surface area contributed by atoms with Crippen LogP contribution in [0.15, 0.2) is 12.3 Å². The summed E-state index contributed by atoms with van der Waals surface area (Å²) in [6.07, 6.45) is 0.774. The molecule has 3 heterocycles. The van der Waals surface area contributed by atoms with Crippen molar-refractivity contribution in [1.29, 1.82) is 0 Å². The van der Waals surface area contributed by atoms with E-state index in [4.69, 9.17) is 0 Å². The number of likely N-dealkylation sites (tertiary alicyclic amines) is 1. The Kier molecular flexibility index (Phi) is 8.04. The van der Waals surface area contributed by atoms with E-state index in [0.717, 1.165) is 44.4 Å². The number of aliphatic hydroxyl groups is 1. The minimum absolute atomic E-state index is 0.0395. The zero-order valence-electron chi connectivity index (χ0n) is 22.0. The van der Waals surface area contributed by atoms with Crippen molar-refractivity contribution in [2.75, 3.05) is 18.4 Å². The van der Waals surface area contributed by atoms with Crippen LogP contribution in [-0.4, -0.2) is 62.6 Å². The van der Waals surface area contributed by atoms with E-state index < -0.39 is 29.2 Å². The summed E-state index contributed by atoms with van der Waals surface area (Å²) in [6.45, 7) is 7.24. The molecule has 0 bridgehead atoms. The first-order valence-electron chi connectivity index (χ1n) is 12.9. The molecule has 0 radical (unpaired) electrons. The van der Waals surface area contributed by atoms with Gasteiger partial charge < -0.3 is 20.6 Å². The Morgan fingerprint density at radius 1 is 1.26 bits per heavy atom. The number of nitrogens with one attached hydrogen (secondary N) is 2. The second-order valence-electron chi connectivity index (χ2n) is 10.8. The third kappa shape index (κ3) is 6.45. The smallest absolute Gasteiger partial charge is 0.389 e. The summed E-state index contributed by atoms with van der Waals surface area (Å²) in [5.41, 5.74) is -2.64. The average molecular weight is 554 g/mol. The number of carbonyl (C=O) groups is 2. The molecular formula is C26H34F3N5O3S. The zero-order valence-corrected chi connectivity index (χ0v) is 22.8. The van der Waals surface area contributed by atoms with Crippen LogP contribution in [0.25, 0.3) is 10.4 Å². The van der Waals surface area contributed by atoms with E-state index in [-0.39, 0.29) is 45.6 Å². The highest BCUT2D eigenvalue weighted by atomic mass is 32.1. The summed E-state index contributed by atoms with van der Waals surface area (Å²) in [5.74, 6) is -0.651. The van der Waals surface area contributed by atoms with E-state index in [1.165, 1.54) is 13.8 Å². The monoisotopic (exact) mass is 553 g/mol. The van der Waals surface area contributed by atoms with Gasteiger partial charge in [-0.15, -0.1) is 11.3 Å². The van der Waals surface area contributed by atoms with Crippen LogP contribution < -0.4 is 10.6 Å². The molecule has 3 N–H and O–H groups in total. The standard InChI is InChI=1S/C26H34F3N5O3S/c1-5-18(15-8-9-15)32-19-11-17(26(27,28)29)16(12-30-19)21-20(24(36)34-10-6-7-14(34)2)33-23(38-21)22(35)31-13-25(3,4)37/h11-12,14-15,18,37H,5-10,13H2,1-4H3,(H,30,32)(H,31,35)/t14-,18+/m0/s1. The second kappa shape index (κ2) is 10.8. The molecule has 0 spiro atoms. The maximum Gasteiger partial charge on any atom is 0.417 e. The number of hydrogen-bond donors (Lipinski definition) is 3. The number of pyridine rings is 1. The minimum atomic E-state index is -4.73. The Bertz CT molecular complexity index is 1190. The molecule has 1 aliphatic carbocycles. The van der Waals surface area contributed by atoms with Gasteiger partial charge in [-0.25, -0.2) is 9.97 Å². The van der Waals surface area contributed by atoms with E-state index >= 15 is 0 Å². The number of hydrogen-bond acceptors (Lipinski definition) is 7. The van der Waals surface area contributed by atoms with E-state index in [9.17, 15) is 27.9 Å². The average Bonchev–Trinajstić information content (AvgIpc) is 3.44. The lowest BCUT2D eigenvalue weighted by Crippen LogP contribution is -2.38. The van der Waals surface area contributed by atoms with Gasteiger partial charge >= 0.3 is 6.18 Å². The Labute approximate surface area is 224 Å². The lowest BCUT2D eigenvalue weighted by atomic mass is 10.1. The number of aromatic nitrogens is 2. The van der Waals surface area contributed by atoms with Crippen LogP contribution in [0.2, 0.25) is 0 Å². The molecule has 12 heteroatoms. The fourth-order valence-corrected chi connectivity index (χ4v) is 5.68. The van der Waals surface area contributed by atoms with Crippen LogP contribution in [0, 0.1) is 5.92 Å². The summed E-state index contributed by atoms with van der Waals surface area (Å²) in [5, 5.41) is 15.5. The fourth-order valence-electron chi connectivity index (χ4n) is 4.68. The van der Waals surface area contributed by atoms with Crippen molar-refractivity contribution in [3.63, 3.8) is 0 Å². The van der Waals surface area contributed by atoms with Gasteiger partial charge in [0, 0.05) is 36.9 Å². The predicted octanol–water partition coefficient (Wildman–Crippen LogP) is 4.95. The van der Waals surface area contributed by atoms with E-state index in [2.05, 4.69) is 20.6 Å². The topological polar surface area (TPSA) is 107 Å². The van der Waals surface area contributed by atoms with Crippen LogP contribution in [0.1, 0.15) is 85.7 Å². The Morgan fingerprint density at radius 2 is 1.97 bits per heavy atom. The third-order valence-electron chi connectivity index (χ3n) is 6.94. The molecule has 2 atom stereocenters. The molecule has 2 aromatic heterocycles. The number of halogens is 3. The van der Waals surface area contributed by atoms with Crippen molar-refractivity contribution >= 4 is 29.0 Å². The van der Waals surface area contributed by atoms with Crippen molar-refractivity contribution < 1.29 is 27.9 Å². The molecule has 0 unspecified atom stereocenters. The summed E-state index contributed by atoms with van der Waals surface area (Å²) < 4.78 is 43.0. The van der Waals surface area contributed by atoms with Crippen molar-refractivity contribution in [1.82, 2.24) is 20.2 Å². The van der Waals surface area contributed by atoms with E-state index in [1.807, 2.05) is 13.8 Å². The number of alkyl halides is 3. The molecule has 8 nitrogen and oxygen atoms in total. The number of thiazole rings is 1. The predicted molar refractivity (Wildman–Crippen MR) is 139 cm³/mol. The summed E-state index contributed by atoms with van der Waals surface area (Å²) in [6, 6.07) is 0.920. The van der Waals surface area contributed by atoms with Gasteiger partial charge in [-0.1, -0.05) is 6.92 Å². The quantitative estimate of drug-likeness (QED) is 0.406. The van der Waals surface area contributed by atoms with Crippen molar-refractivity contribution in [3.8, 4) is 10.4 Å². The lowest BCUT2D eigenvalue weighted by molar-refractivity contribution is -0.137. The van der Waals surface area contributed by atoms with Crippen LogP contribution in [0.5, 0.6) is 0 Å². The molecule has 2 fully saturated rings. The maximum absolute atomic E-state index is 14.3. The van der Waals surface area contributed by atoms with Gasteiger partial charge in [-0.2, -0.15) is 13.2 Å². The fraction of sp³-hybridized carbons (Fsp3) is 0.615. The third-order valence-corrected chi connectivity index (χ3v) is 8.02. The number of rotatable bonds is 9. The molecular weight excluding hydrogens is 519 g/mol. The Hall–Kier alpha value is -2.73. The Morgan fingerprint density at radius 3 is 2.53 bits per heavy atom. The van der Waals surface area contributed by atoms with Crippen LogP contribution in [-0.2, 0) is 6.18 Å². The second-order valence-corrected chi connectivity index (χ2v) is 11.8. The van der Waals surface area contributed by atoms with Gasteiger partial charge in [0.25, 0.3) is 11.8 Å². The van der Waals surface area contributed by atoms with Crippen LogP contribution >= 0.6 is 11.3 Å². The van der Waals surface area contributed by atoms with Gasteiger partial charge in [0.2, 0.25) is 0 Å². The van der Waals surface area contributed by atoms with Crippen molar-refractivity contribution in [2.24, 2.45) is 5.92 Å².